The van der Waals surface area contributed by atoms with E-state index in [0.29, 0.717) is 0 Å². The summed E-state index contributed by atoms with van der Waals surface area (Å²) in [7, 11) is 2.21. The normalized spacial score (nSPS) is 11.3. The van der Waals surface area contributed by atoms with Crippen molar-refractivity contribution in [3.63, 3.8) is 0 Å². The third-order valence-electron chi connectivity index (χ3n) is 0.429. The average molecular weight is 137 g/mol. The van der Waals surface area contributed by atoms with Gasteiger partial charge in [-0.15, -0.1) is 0 Å². The summed E-state index contributed by atoms with van der Waals surface area (Å²) in [5.74, 6) is 0. The molecule has 0 fully saturated rings. The highest BCUT2D eigenvalue weighted by Gasteiger charge is 1.84. The Bertz CT molecular complexity index is 68.8. The Hall–Kier alpha value is -0.280. The molecule has 0 aliphatic carbocycles. The minimum Gasteiger partial charge on any atom is -0.771 e. The van der Waals surface area contributed by atoms with E-state index in [-0.39, 0.29) is 10.5 Å². The lowest BCUT2D eigenvalue weighted by molar-refractivity contribution is -0.332. The van der Waals surface area contributed by atoms with Crippen molar-refractivity contribution in [1.29, 1.82) is 0 Å². The molecule has 0 radical (unpaired) electrons. The molecular formula is C2H7N3O4-2. The van der Waals surface area contributed by atoms with Crippen molar-refractivity contribution in [3.8, 4) is 0 Å². The molecule has 0 rings (SSSR count). The van der Waals surface area contributed by atoms with Gasteiger partial charge in [-0.1, -0.05) is 5.64 Å². The van der Waals surface area contributed by atoms with E-state index in [2.05, 4.69) is 9.78 Å². The second-order valence-corrected chi connectivity index (χ2v) is 1.08. The number of hydrogen-bond acceptors (Lipinski definition) is 7. The van der Waals surface area contributed by atoms with Crippen LogP contribution in [0.3, 0.4) is 0 Å². The van der Waals surface area contributed by atoms with Crippen LogP contribution in [0.5, 0.6) is 0 Å². The number of nitrogens with one attached hydrogen (secondary N) is 1. The van der Waals surface area contributed by atoms with Crippen molar-refractivity contribution in [2.75, 3.05) is 14.2 Å². The zero-order valence-corrected chi connectivity index (χ0v) is 5.03. The van der Waals surface area contributed by atoms with Gasteiger partial charge in [0.05, 0.1) is 7.11 Å². The summed E-state index contributed by atoms with van der Waals surface area (Å²) in [6, 6.07) is 0. The van der Waals surface area contributed by atoms with Crippen LogP contribution in [0, 0.1) is 10.4 Å². The van der Waals surface area contributed by atoms with Crippen LogP contribution in [0.15, 0.2) is 0 Å². The zero-order chi connectivity index (χ0) is 7.28. The van der Waals surface area contributed by atoms with Crippen molar-refractivity contribution in [3.05, 3.63) is 10.4 Å². The minimum absolute atomic E-state index is 0.0635. The van der Waals surface area contributed by atoms with Crippen molar-refractivity contribution in [2.24, 2.45) is 0 Å². The summed E-state index contributed by atoms with van der Waals surface area (Å²) in [6.07, 6.45) is 0. The highest BCUT2D eigenvalue weighted by molar-refractivity contribution is 4.36. The Morgan fingerprint density at radius 1 is 1.44 bits per heavy atom. The molecule has 0 aromatic heterocycles. The van der Waals surface area contributed by atoms with Crippen LogP contribution >= 0.6 is 0 Å². The monoisotopic (exact) mass is 137 g/mol. The zero-order valence-electron chi connectivity index (χ0n) is 5.03. The quantitative estimate of drug-likeness (QED) is 0.504. The van der Waals surface area contributed by atoms with Gasteiger partial charge in [-0.05, 0) is 7.05 Å². The summed E-state index contributed by atoms with van der Waals surface area (Å²) >= 11 is 0. The molecule has 7 nitrogen and oxygen atoms in total. The van der Waals surface area contributed by atoms with Crippen molar-refractivity contribution >= 4 is 0 Å². The van der Waals surface area contributed by atoms with E-state index in [4.69, 9.17) is 0 Å². The maximum Gasteiger partial charge on any atom is 0.0599 e. The Morgan fingerprint density at radius 3 is 2.33 bits per heavy atom. The predicted molar refractivity (Wildman–Crippen MR) is 27.6 cm³/mol. The maximum absolute atomic E-state index is 10.1. The molecule has 0 aromatic carbocycles. The van der Waals surface area contributed by atoms with Gasteiger partial charge in [0.25, 0.3) is 0 Å². The molecule has 0 saturated heterocycles. The van der Waals surface area contributed by atoms with Gasteiger partial charge in [0.2, 0.25) is 0 Å². The Morgan fingerprint density at radius 2 is 2.00 bits per heavy atom. The lowest BCUT2D eigenvalue weighted by Gasteiger charge is -2.38. The molecule has 0 bridgehead atoms. The third kappa shape index (κ3) is 4.24. The summed E-state index contributed by atoms with van der Waals surface area (Å²) in [5.41, 5.74) is 1.70. The Labute approximate surface area is 51.7 Å². The summed E-state index contributed by atoms with van der Waals surface area (Å²) in [6.45, 7) is 0. The second kappa shape index (κ2) is 4.58. The van der Waals surface area contributed by atoms with Crippen molar-refractivity contribution in [2.45, 2.75) is 0 Å². The van der Waals surface area contributed by atoms with E-state index < -0.39 is 0 Å². The SMILES string of the molecule is CONON([O-])N(C)[O-]. The van der Waals surface area contributed by atoms with E-state index in [1.54, 1.807) is 5.64 Å². The molecule has 1 N–H and O–H groups in total. The number of hydroxylamine groups is 1. The highest BCUT2D eigenvalue weighted by Crippen LogP contribution is 1.85. The second-order valence-electron chi connectivity index (χ2n) is 1.08. The van der Waals surface area contributed by atoms with Crippen LogP contribution in [-0.4, -0.2) is 24.7 Å². The first-order valence-electron chi connectivity index (χ1n) is 2.01. The fourth-order valence-corrected chi connectivity index (χ4v) is 0.127. The molecule has 0 aliphatic rings. The largest absolute Gasteiger partial charge is 0.771 e. The van der Waals surface area contributed by atoms with E-state index in [1.807, 2.05) is 0 Å². The summed E-state index contributed by atoms with van der Waals surface area (Å²) in [4.78, 5) is 7.95. The molecular weight excluding hydrogens is 130 g/mol. The number of rotatable bonds is 4. The molecule has 56 valence electrons. The van der Waals surface area contributed by atoms with Crippen LogP contribution in [-0.2, 0) is 9.78 Å². The molecule has 9 heavy (non-hydrogen) atoms. The standard InChI is InChI=1S/C2H7N3O4/c1-4(6)5(7)9-3-8-2/h3H,1-2H3/q-2. The molecule has 0 amide bonds. The van der Waals surface area contributed by atoms with E-state index in [0.717, 1.165) is 7.05 Å². The van der Waals surface area contributed by atoms with Crippen LogP contribution in [0.25, 0.3) is 0 Å². The van der Waals surface area contributed by atoms with E-state index in [9.17, 15) is 10.4 Å². The van der Waals surface area contributed by atoms with Gasteiger partial charge in [-0.25, -0.2) is 0 Å². The Kier molecular flexibility index (Phi) is 4.44. The lowest BCUT2D eigenvalue weighted by Crippen LogP contribution is -2.35. The summed E-state index contributed by atoms with van der Waals surface area (Å²) in [5, 5.41) is 19.6. The third-order valence-corrected chi connectivity index (χ3v) is 0.429. The van der Waals surface area contributed by atoms with E-state index in [1.165, 1.54) is 7.11 Å². The number of nitrogens with zero attached hydrogens (tertiary/aromatic N) is 2. The first-order chi connectivity index (χ1) is 4.18. The Balaban J connectivity index is 3.16. The van der Waals surface area contributed by atoms with Gasteiger partial charge in [-0.2, -0.15) is 10.3 Å². The van der Waals surface area contributed by atoms with Gasteiger partial charge in [-0.3, -0.25) is 4.84 Å². The fraction of sp³-hybridized carbons (Fsp3) is 1.00. The van der Waals surface area contributed by atoms with Crippen LogP contribution in [0.4, 0.5) is 0 Å². The molecule has 0 saturated carbocycles. The topological polar surface area (TPSA) is 83.1 Å². The molecule has 0 heterocycles. The molecule has 0 spiro atoms. The first kappa shape index (κ1) is 8.72. The summed E-state index contributed by atoms with van der Waals surface area (Å²) < 4.78 is 0. The van der Waals surface area contributed by atoms with Gasteiger partial charge in [0, 0.05) is 0 Å². The molecule has 0 atom stereocenters. The predicted octanol–water partition coefficient (Wildman–Crippen LogP) is -0.872. The van der Waals surface area contributed by atoms with Crippen LogP contribution in [0.1, 0.15) is 0 Å². The smallest absolute Gasteiger partial charge is 0.0599 e. The molecule has 0 aromatic rings. The van der Waals surface area contributed by atoms with Crippen molar-refractivity contribution in [1.82, 2.24) is 16.2 Å². The fourth-order valence-electron chi connectivity index (χ4n) is 0.127. The average Bonchev–Trinajstić information content (AvgIpc) is 1.82. The van der Waals surface area contributed by atoms with Crippen LogP contribution < -0.4 is 5.64 Å². The van der Waals surface area contributed by atoms with Crippen molar-refractivity contribution < 1.29 is 9.78 Å². The maximum atomic E-state index is 10.1. The van der Waals surface area contributed by atoms with E-state index >= 15 is 0 Å². The van der Waals surface area contributed by atoms with Gasteiger partial charge in [0.15, 0.2) is 0 Å². The number of hydrazine groups is 1. The minimum atomic E-state index is -0.330. The van der Waals surface area contributed by atoms with Gasteiger partial charge in [0.1, 0.15) is 0 Å². The molecule has 0 aliphatic heterocycles. The van der Waals surface area contributed by atoms with Gasteiger partial charge >= 0.3 is 0 Å². The molecule has 0 unspecified atom stereocenters. The highest BCUT2D eigenvalue weighted by atomic mass is 17.1. The van der Waals surface area contributed by atoms with Crippen LogP contribution in [0.2, 0.25) is 0 Å². The first-order valence-corrected chi connectivity index (χ1v) is 2.01. The number of hydrogen-bond donors (Lipinski definition) is 1. The molecule has 7 heteroatoms. The lowest BCUT2D eigenvalue weighted by atomic mass is 11.5. The van der Waals surface area contributed by atoms with Gasteiger partial charge < -0.3 is 15.6 Å².